The van der Waals surface area contributed by atoms with Crippen molar-refractivity contribution in [1.82, 2.24) is 24.3 Å². The van der Waals surface area contributed by atoms with Crippen LogP contribution in [0, 0.1) is 0 Å². The van der Waals surface area contributed by atoms with E-state index in [0.29, 0.717) is 16.9 Å². The molecule has 9 heteroatoms. The Morgan fingerprint density at radius 1 is 1.06 bits per heavy atom. The molecule has 3 aromatic rings. The number of likely N-dealkylation sites (tertiary alicyclic amines) is 2. The van der Waals surface area contributed by atoms with Gasteiger partial charge in [0, 0.05) is 43.8 Å². The van der Waals surface area contributed by atoms with Crippen LogP contribution in [0.1, 0.15) is 25.7 Å². The summed E-state index contributed by atoms with van der Waals surface area (Å²) in [6, 6.07) is 7.73. The van der Waals surface area contributed by atoms with E-state index in [0.717, 1.165) is 57.1 Å². The highest BCUT2D eigenvalue weighted by Crippen LogP contribution is 2.25. The number of benzene rings is 1. The Morgan fingerprint density at radius 2 is 1.84 bits per heavy atom. The number of aromatic nitrogens is 3. The summed E-state index contributed by atoms with van der Waals surface area (Å²) < 4.78 is 7.39. The van der Waals surface area contributed by atoms with Crippen LogP contribution >= 0.6 is 11.3 Å². The third-order valence-corrected chi connectivity index (χ3v) is 7.19. The van der Waals surface area contributed by atoms with Gasteiger partial charge in [-0.1, -0.05) is 23.5 Å². The first kappa shape index (κ1) is 21.1. The molecule has 2 aliphatic rings. The fourth-order valence-corrected chi connectivity index (χ4v) is 5.27. The number of fused-ring (bicyclic) bond motifs is 1. The summed E-state index contributed by atoms with van der Waals surface area (Å²) in [6.07, 6.45) is 7.45. The lowest BCUT2D eigenvalue weighted by Gasteiger charge is -2.41. The van der Waals surface area contributed by atoms with Gasteiger partial charge in [-0.2, -0.15) is 0 Å². The van der Waals surface area contributed by atoms with Crippen molar-refractivity contribution in [3.05, 3.63) is 52.5 Å². The van der Waals surface area contributed by atoms with Gasteiger partial charge in [0.2, 0.25) is 5.91 Å². The molecule has 8 nitrogen and oxygen atoms in total. The van der Waals surface area contributed by atoms with Crippen molar-refractivity contribution in [3.63, 3.8) is 0 Å². The van der Waals surface area contributed by atoms with Crippen molar-refractivity contribution in [2.45, 2.75) is 44.4 Å². The van der Waals surface area contributed by atoms with Gasteiger partial charge in [-0.05, 0) is 37.8 Å². The fourth-order valence-electron chi connectivity index (χ4n) is 4.71. The summed E-state index contributed by atoms with van der Waals surface area (Å²) in [5.74, 6) is -0.0156. The van der Waals surface area contributed by atoms with Crippen molar-refractivity contribution >= 4 is 28.1 Å². The second-order valence-electron chi connectivity index (χ2n) is 8.46. The topological polar surface area (TPSA) is 80.6 Å². The zero-order chi connectivity index (χ0) is 21.9. The van der Waals surface area contributed by atoms with E-state index in [1.165, 1.54) is 10.9 Å². The second kappa shape index (κ2) is 9.38. The Morgan fingerprint density at radius 3 is 2.59 bits per heavy atom. The first-order valence-corrected chi connectivity index (χ1v) is 12.1. The third-order valence-electron chi connectivity index (χ3n) is 6.52. The number of amides is 1. The van der Waals surface area contributed by atoms with Crippen LogP contribution in [0.4, 0.5) is 0 Å². The van der Waals surface area contributed by atoms with Gasteiger partial charge in [0.05, 0.1) is 17.2 Å². The van der Waals surface area contributed by atoms with Crippen molar-refractivity contribution in [1.29, 1.82) is 0 Å². The quantitative estimate of drug-likeness (QED) is 0.590. The predicted molar refractivity (Wildman–Crippen MR) is 123 cm³/mol. The molecule has 32 heavy (non-hydrogen) atoms. The van der Waals surface area contributed by atoms with Gasteiger partial charge in [0.15, 0.2) is 0 Å². The second-order valence-corrected chi connectivity index (χ2v) is 9.32. The Balaban J connectivity index is 1.11. The maximum atomic E-state index is 12.8. The Labute approximate surface area is 190 Å². The number of thiazole rings is 1. The van der Waals surface area contributed by atoms with Crippen molar-refractivity contribution in [2.75, 3.05) is 26.2 Å². The van der Waals surface area contributed by atoms with E-state index in [1.807, 2.05) is 28.5 Å². The normalized spacial score (nSPS) is 18.8. The Hall–Kier alpha value is -2.78. The summed E-state index contributed by atoms with van der Waals surface area (Å²) in [7, 11) is 0. The molecule has 0 unspecified atom stereocenters. The summed E-state index contributed by atoms with van der Waals surface area (Å²) in [4.78, 5) is 38.5. The van der Waals surface area contributed by atoms with Crippen LogP contribution in [-0.2, 0) is 11.3 Å². The molecular weight excluding hydrogens is 426 g/mol. The van der Waals surface area contributed by atoms with Crippen LogP contribution in [0.5, 0.6) is 5.19 Å². The lowest BCUT2D eigenvalue weighted by atomic mass is 9.99. The molecule has 1 amide bonds. The SMILES string of the molecule is O=C(Cn1cnc2ccccc2c1=O)N1CCC(N2CCC(Oc3nccs3)CC2)CC1. The smallest absolute Gasteiger partial charge is 0.273 e. The van der Waals surface area contributed by atoms with E-state index in [-0.39, 0.29) is 24.1 Å². The number of carbonyl (C=O) groups is 1. The van der Waals surface area contributed by atoms with Gasteiger partial charge in [-0.3, -0.25) is 19.1 Å². The average molecular weight is 454 g/mol. The number of hydrogen-bond donors (Lipinski definition) is 0. The molecule has 2 saturated heterocycles. The van der Waals surface area contributed by atoms with Crippen LogP contribution in [0.25, 0.3) is 10.9 Å². The van der Waals surface area contributed by atoms with Crippen molar-refractivity contribution in [2.24, 2.45) is 0 Å². The van der Waals surface area contributed by atoms with Crippen molar-refractivity contribution in [3.8, 4) is 5.19 Å². The highest BCUT2D eigenvalue weighted by molar-refractivity contribution is 7.11. The number of rotatable bonds is 5. The lowest BCUT2D eigenvalue weighted by Crippen LogP contribution is -2.50. The number of carbonyl (C=O) groups excluding carboxylic acids is 1. The molecule has 0 saturated carbocycles. The van der Waals surface area contributed by atoms with E-state index >= 15 is 0 Å². The minimum Gasteiger partial charge on any atom is -0.467 e. The molecule has 0 atom stereocenters. The predicted octanol–water partition coefficient (Wildman–Crippen LogP) is 2.39. The molecule has 2 aliphatic heterocycles. The molecule has 1 aromatic carbocycles. The van der Waals surface area contributed by atoms with Crippen LogP contribution in [0.3, 0.4) is 0 Å². The van der Waals surface area contributed by atoms with Crippen molar-refractivity contribution < 1.29 is 9.53 Å². The maximum Gasteiger partial charge on any atom is 0.273 e. The van der Waals surface area contributed by atoms with Crippen LogP contribution in [-0.4, -0.2) is 68.6 Å². The third kappa shape index (κ3) is 4.54. The molecule has 4 heterocycles. The van der Waals surface area contributed by atoms with Crippen LogP contribution in [0.15, 0.2) is 47.0 Å². The minimum absolute atomic E-state index is 0.0156. The van der Waals surface area contributed by atoms with E-state index in [4.69, 9.17) is 4.74 Å². The molecule has 2 aromatic heterocycles. The van der Waals surface area contributed by atoms with Gasteiger partial charge in [0.25, 0.3) is 10.8 Å². The van der Waals surface area contributed by atoms with Gasteiger partial charge in [-0.25, -0.2) is 9.97 Å². The van der Waals surface area contributed by atoms with Crippen LogP contribution < -0.4 is 10.3 Å². The first-order chi connectivity index (χ1) is 15.7. The maximum absolute atomic E-state index is 12.8. The minimum atomic E-state index is -0.165. The fraction of sp³-hybridized carbons (Fsp3) is 0.478. The summed E-state index contributed by atoms with van der Waals surface area (Å²) in [5, 5.41) is 3.24. The van der Waals surface area contributed by atoms with Gasteiger partial charge >= 0.3 is 0 Å². The standard InChI is InChI=1S/C23H27N5O3S/c29-21(15-28-16-25-20-4-2-1-3-19(20)22(28)30)27-10-5-17(6-11-27)26-12-7-18(8-13-26)31-23-24-9-14-32-23/h1-4,9,14,16-18H,5-8,10-13,15H2. The molecule has 5 rings (SSSR count). The number of piperidine rings is 2. The molecule has 168 valence electrons. The van der Waals surface area contributed by atoms with Gasteiger partial charge in [0.1, 0.15) is 12.6 Å². The monoisotopic (exact) mass is 453 g/mol. The average Bonchev–Trinajstić information content (AvgIpc) is 3.35. The van der Waals surface area contributed by atoms with E-state index in [9.17, 15) is 9.59 Å². The molecular formula is C23H27N5O3S. The Bertz CT molecular complexity index is 1120. The highest BCUT2D eigenvalue weighted by atomic mass is 32.1. The van der Waals surface area contributed by atoms with E-state index < -0.39 is 0 Å². The van der Waals surface area contributed by atoms with E-state index in [1.54, 1.807) is 23.6 Å². The molecule has 0 radical (unpaired) electrons. The highest BCUT2D eigenvalue weighted by Gasteiger charge is 2.30. The lowest BCUT2D eigenvalue weighted by molar-refractivity contribution is -0.133. The van der Waals surface area contributed by atoms with Gasteiger partial charge in [-0.15, -0.1) is 0 Å². The first-order valence-electron chi connectivity index (χ1n) is 11.2. The molecule has 0 aliphatic carbocycles. The summed E-state index contributed by atoms with van der Waals surface area (Å²) in [6.45, 7) is 3.55. The summed E-state index contributed by atoms with van der Waals surface area (Å²) >= 11 is 1.54. The number of nitrogens with zero attached hydrogens (tertiary/aromatic N) is 5. The zero-order valence-corrected chi connectivity index (χ0v) is 18.7. The van der Waals surface area contributed by atoms with E-state index in [2.05, 4.69) is 14.9 Å². The zero-order valence-electron chi connectivity index (χ0n) is 17.9. The van der Waals surface area contributed by atoms with Crippen LogP contribution in [0.2, 0.25) is 0 Å². The number of hydrogen-bond acceptors (Lipinski definition) is 7. The number of ether oxygens (including phenoxy) is 1. The molecule has 0 bridgehead atoms. The largest absolute Gasteiger partial charge is 0.467 e. The van der Waals surface area contributed by atoms with Gasteiger partial charge < -0.3 is 9.64 Å². The number of para-hydroxylation sites is 1. The summed E-state index contributed by atoms with van der Waals surface area (Å²) in [5.41, 5.74) is 0.490. The molecule has 0 N–H and O–H groups in total. The Kier molecular flexibility index (Phi) is 6.18. The molecule has 2 fully saturated rings. The molecule has 0 spiro atoms.